The van der Waals surface area contributed by atoms with Gasteiger partial charge in [0, 0.05) is 101 Å². The van der Waals surface area contributed by atoms with E-state index < -0.39 is 11.2 Å². The predicted molar refractivity (Wildman–Crippen MR) is 242 cm³/mol. The largest absolute Gasteiger partial charge is 0.392 e. The van der Waals surface area contributed by atoms with Crippen molar-refractivity contribution in [2.24, 2.45) is 0 Å². The molecule has 2 saturated carbocycles. The van der Waals surface area contributed by atoms with Crippen LogP contribution in [0.5, 0.6) is 0 Å². The van der Waals surface area contributed by atoms with Crippen molar-refractivity contribution >= 4 is 0 Å². The summed E-state index contributed by atoms with van der Waals surface area (Å²) in [6, 6.07) is 4.07. The highest BCUT2D eigenvalue weighted by atomic mass is 16.3. The van der Waals surface area contributed by atoms with E-state index in [1.807, 2.05) is 13.8 Å². The zero-order valence-electron chi connectivity index (χ0n) is 40.1. The van der Waals surface area contributed by atoms with Gasteiger partial charge >= 0.3 is 0 Å². The lowest BCUT2D eigenvalue weighted by atomic mass is 10.1. The third kappa shape index (κ3) is 23.7. The Labute approximate surface area is 357 Å². The molecule has 0 bridgehead atoms. The van der Waals surface area contributed by atoms with Crippen molar-refractivity contribution < 1.29 is 30.6 Å². The molecule has 4 aliphatic heterocycles. The van der Waals surface area contributed by atoms with Gasteiger partial charge in [-0.2, -0.15) is 0 Å². The van der Waals surface area contributed by atoms with Gasteiger partial charge in [0.25, 0.3) is 0 Å². The number of β-amino-alcohol motifs (C(OH)–C–C–N with tert-alkyl or cyclic N) is 4. The zero-order valence-corrected chi connectivity index (χ0v) is 40.1. The highest BCUT2D eigenvalue weighted by Crippen LogP contribution is 2.23. The molecule has 0 spiro atoms. The first-order valence-corrected chi connectivity index (χ1v) is 23.5. The lowest BCUT2D eigenvalue weighted by Crippen LogP contribution is -2.39. The van der Waals surface area contributed by atoms with Crippen LogP contribution in [-0.4, -0.2) is 187 Å². The number of aliphatic hydroxyl groups excluding tert-OH is 4. The van der Waals surface area contributed by atoms with Crippen LogP contribution in [0.4, 0.5) is 0 Å². The second kappa shape index (κ2) is 27.6. The molecule has 6 rings (SSSR count). The van der Waals surface area contributed by atoms with E-state index in [0.29, 0.717) is 48.3 Å². The number of nitrogens with zero attached hydrogens (tertiary/aromatic N) is 4. The molecule has 4 heterocycles. The molecule has 12 nitrogen and oxygen atoms in total. The van der Waals surface area contributed by atoms with Gasteiger partial charge < -0.3 is 41.3 Å². The quantitative estimate of drug-likeness (QED) is 0.175. The molecule has 6 fully saturated rings. The van der Waals surface area contributed by atoms with Crippen LogP contribution >= 0.6 is 0 Å². The fraction of sp³-hybridized carbons (Fsp3) is 1.00. The van der Waals surface area contributed by atoms with E-state index in [1.54, 1.807) is 0 Å². The van der Waals surface area contributed by atoms with Crippen LogP contribution in [0, 0.1) is 0 Å². The topological polar surface area (TPSA) is 158 Å². The van der Waals surface area contributed by atoms with Crippen LogP contribution < -0.4 is 10.6 Å². The summed E-state index contributed by atoms with van der Waals surface area (Å²) in [7, 11) is 0. The summed E-state index contributed by atoms with van der Waals surface area (Å²) in [4.78, 5) is 9.20. The summed E-state index contributed by atoms with van der Waals surface area (Å²) < 4.78 is 0. The van der Waals surface area contributed by atoms with Crippen LogP contribution in [0.2, 0.25) is 0 Å². The van der Waals surface area contributed by atoms with Crippen molar-refractivity contribution in [1.82, 2.24) is 30.2 Å². The fourth-order valence-corrected chi connectivity index (χ4v) is 8.44. The molecule has 0 radical (unpaired) electrons. The van der Waals surface area contributed by atoms with E-state index in [9.17, 15) is 20.4 Å². The number of hydrogen-bond donors (Lipinski definition) is 8. The fourth-order valence-electron chi connectivity index (χ4n) is 8.44. The Balaban J connectivity index is 0.000000348. The first-order valence-electron chi connectivity index (χ1n) is 23.5. The van der Waals surface area contributed by atoms with Crippen molar-refractivity contribution in [2.75, 3.05) is 52.4 Å². The van der Waals surface area contributed by atoms with Crippen LogP contribution in [0.15, 0.2) is 0 Å². The molecular weight excluding hydrogens is 733 g/mol. The van der Waals surface area contributed by atoms with Gasteiger partial charge in [-0.1, -0.05) is 27.7 Å². The van der Waals surface area contributed by atoms with Gasteiger partial charge in [-0.25, -0.2) is 0 Å². The molecule has 8 N–H and O–H groups in total. The first-order chi connectivity index (χ1) is 26.8. The minimum atomic E-state index is -0.426. The van der Waals surface area contributed by atoms with Crippen LogP contribution in [-0.2, 0) is 0 Å². The van der Waals surface area contributed by atoms with Crippen LogP contribution in [0.3, 0.4) is 0 Å². The lowest BCUT2D eigenvalue weighted by molar-refractivity contribution is 0.0642. The maximum atomic E-state index is 9.57. The van der Waals surface area contributed by atoms with E-state index in [-0.39, 0.29) is 24.4 Å². The minimum absolute atomic E-state index is 0.0626. The molecule has 8 atom stereocenters. The molecule has 0 unspecified atom stereocenters. The molecule has 0 aromatic carbocycles. The number of aliphatic hydroxyl groups is 6. The standard InChI is InChI=1S/4C8H17NO.2C7H15NO/c2*1-7(2)9-5-4-8(3,10)6-9;2*1-6(2)9-7-4-3-5-8(7)10;2*1-6(2)8-4-3-7(9)5-8/h2*7,10H,4-6H2,1-3H3;2*6-10H,3-5H2,1-2H3;2*6-7,9H,3-5H2,1-2H3/t2*8-;2*7-,8+;2*7-/m111111/s1. The third-order valence-corrected chi connectivity index (χ3v) is 12.3. The van der Waals surface area contributed by atoms with Crippen molar-refractivity contribution in [3.05, 3.63) is 0 Å². The van der Waals surface area contributed by atoms with Gasteiger partial charge in [-0.05, 0) is 133 Å². The van der Waals surface area contributed by atoms with Gasteiger partial charge in [-0.15, -0.1) is 0 Å². The Morgan fingerprint density at radius 3 is 0.897 bits per heavy atom. The number of rotatable bonds is 8. The van der Waals surface area contributed by atoms with Crippen LogP contribution in [0.1, 0.15) is 161 Å². The summed E-state index contributed by atoms with van der Waals surface area (Å²) in [6.07, 6.45) is 10.0. The molecule has 0 amide bonds. The molecule has 58 heavy (non-hydrogen) atoms. The van der Waals surface area contributed by atoms with E-state index in [1.165, 1.54) is 12.8 Å². The maximum Gasteiger partial charge on any atom is 0.0758 e. The summed E-state index contributed by atoms with van der Waals surface area (Å²) in [6.45, 7) is 37.3. The Morgan fingerprint density at radius 1 is 0.448 bits per heavy atom. The Bertz CT molecular complexity index is 966. The average Bonchev–Trinajstić information content (AvgIpc) is 3.97. The number of likely N-dealkylation sites (tertiary alicyclic amines) is 4. The summed E-state index contributed by atoms with van der Waals surface area (Å²) in [5.74, 6) is 0. The normalized spacial score (nSPS) is 33.2. The molecule has 0 aromatic heterocycles. The predicted octanol–water partition coefficient (Wildman–Crippen LogP) is 4.42. The molecule has 12 heteroatoms. The van der Waals surface area contributed by atoms with Crippen molar-refractivity contribution in [1.29, 1.82) is 0 Å². The molecule has 4 saturated heterocycles. The second-order valence-electron chi connectivity index (χ2n) is 20.5. The van der Waals surface area contributed by atoms with Gasteiger partial charge in [0.1, 0.15) is 0 Å². The first kappa shape index (κ1) is 55.5. The highest BCUT2D eigenvalue weighted by Gasteiger charge is 2.33. The average molecular weight is 831 g/mol. The Kier molecular flexibility index (Phi) is 26.4. The van der Waals surface area contributed by atoms with E-state index >= 15 is 0 Å². The van der Waals surface area contributed by atoms with E-state index in [2.05, 4.69) is 113 Å². The molecular formula is C46H98N6O6. The lowest BCUT2D eigenvalue weighted by Gasteiger charge is -2.21. The zero-order chi connectivity index (χ0) is 44.4. The molecule has 2 aliphatic carbocycles. The minimum Gasteiger partial charge on any atom is -0.392 e. The molecule has 0 aromatic rings. The van der Waals surface area contributed by atoms with Gasteiger partial charge in [0.2, 0.25) is 0 Å². The second-order valence-corrected chi connectivity index (χ2v) is 20.5. The van der Waals surface area contributed by atoms with Gasteiger partial charge in [0.15, 0.2) is 0 Å². The van der Waals surface area contributed by atoms with Gasteiger partial charge in [-0.3, -0.25) is 19.6 Å². The molecule has 348 valence electrons. The van der Waals surface area contributed by atoms with Crippen LogP contribution in [0.25, 0.3) is 0 Å². The van der Waals surface area contributed by atoms with Crippen molar-refractivity contribution in [2.45, 2.75) is 245 Å². The maximum absolute atomic E-state index is 9.57. The van der Waals surface area contributed by atoms with Crippen molar-refractivity contribution in [3.63, 3.8) is 0 Å². The SMILES string of the molecule is CC(C)N1CC[C@@H](O)C1.CC(C)N1CC[C@@H](O)C1.CC(C)N1CC[C@@](C)(O)C1.CC(C)N1CC[C@@](C)(O)C1.CC(C)N[C@@H]1CCC[C@@H]1O.CC(C)N[C@@H]1CCC[C@@H]1O. The van der Waals surface area contributed by atoms with Gasteiger partial charge in [0.05, 0.1) is 35.6 Å². The van der Waals surface area contributed by atoms with E-state index in [4.69, 9.17) is 10.2 Å². The monoisotopic (exact) mass is 831 g/mol. The van der Waals surface area contributed by atoms with E-state index in [0.717, 1.165) is 104 Å². The summed E-state index contributed by atoms with van der Waals surface area (Å²) in [5.41, 5.74) is -0.853. The third-order valence-electron chi connectivity index (χ3n) is 12.3. The Morgan fingerprint density at radius 2 is 0.759 bits per heavy atom. The summed E-state index contributed by atoms with van der Waals surface area (Å²) >= 11 is 0. The molecule has 6 aliphatic rings. The number of hydrogen-bond acceptors (Lipinski definition) is 12. The summed E-state index contributed by atoms with van der Waals surface area (Å²) in [5, 5.41) is 62.8. The highest BCUT2D eigenvalue weighted by molar-refractivity contribution is 4.88. The Hall–Kier alpha value is -0.480. The smallest absolute Gasteiger partial charge is 0.0758 e. The van der Waals surface area contributed by atoms with Crippen molar-refractivity contribution in [3.8, 4) is 0 Å². The number of nitrogens with one attached hydrogen (secondary N) is 2.